The maximum Gasteiger partial charge on any atom is 0.134 e. The number of aliphatic hydroxyl groups is 1. The van der Waals surface area contributed by atoms with Gasteiger partial charge in [-0.25, -0.2) is 17.6 Å². The zero-order valence-electron chi connectivity index (χ0n) is 10.0. The van der Waals surface area contributed by atoms with Crippen molar-refractivity contribution in [2.24, 2.45) is 0 Å². The Kier molecular flexibility index (Phi) is 4.45. The normalized spacial score (nSPS) is 12.5. The van der Waals surface area contributed by atoms with Gasteiger partial charge in [0.05, 0.1) is 11.7 Å². The fourth-order valence-electron chi connectivity index (χ4n) is 1.93. The van der Waals surface area contributed by atoms with Crippen LogP contribution in [0.3, 0.4) is 0 Å². The molecule has 0 fully saturated rings. The molecule has 2 aromatic rings. The van der Waals surface area contributed by atoms with Crippen molar-refractivity contribution in [1.82, 2.24) is 0 Å². The molecule has 2 aromatic carbocycles. The third kappa shape index (κ3) is 3.37. The molecule has 1 N–H and O–H groups in total. The quantitative estimate of drug-likeness (QED) is 0.820. The molecule has 0 saturated heterocycles. The summed E-state index contributed by atoms with van der Waals surface area (Å²) >= 11 is 3.08. The van der Waals surface area contributed by atoms with Crippen LogP contribution in [-0.2, 0) is 6.42 Å². The van der Waals surface area contributed by atoms with Gasteiger partial charge in [0.15, 0.2) is 0 Å². The van der Waals surface area contributed by atoms with Crippen LogP contribution in [0.1, 0.15) is 17.2 Å². The number of aliphatic hydroxyl groups excluding tert-OH is 1. The van der Waals surface area contributed by atoms with Crippen LogP contribution in [-0.4, -0.2) is 5.11 Å². The maximum absolute atomic E-state index is 13.5. The Balaban J connectivity index is 2.30. The molecule has 0 aromatic heterocycles. The Bertz CT molecular complexity index is 602. The molecule has 20 heavy (non-hydrogen) atoms. The molecule has 6 heteroatoms. The SMILES string of the molecule is OC(Cc1cc(F)cc(Br)c1)c1c(F)cc(F)cc1F. The van der Waals surface area contributed by atoms with Crippen LogP contribution < -0.4 is 0 Å². The van der Waals surface area contributed by atoms with E-state index >= 15 is 0 Å². The molecule has 0 bridgehead atoms. The van der Waals surface area contributed by atoms with Gasteiger partial charge in [-0.15, -0.1) is 0 Å². The first-order chi connectivity index (χ1) is 9.36. The minimum absolute atomic E-state index is 0.199. The largest absolute Gasteiger partial charge is 0.388 e. The minimum atomic E-state index is -1.54. The van der Waals surface area contributed by atoms with Gasteiger partial charge < -0.3 is 5.11 Å². The molecule has 0 spiro atoms. The van der Waals surface area contributed by atoms with Crippen molar-refractivity contribution in [2.45, 2.75) is 12.5 Å². The van der Waals surface area contributed by atoms with Crippen molar-refractivity contribution in [3.05, 3.63) is 69.2 Å². The van der Waals surface area contributed by atoms with Crippen LogP contribution in [0, 0.1) is 23.3 Å². The predicted octanol–water partition coefficient (Wildman–Crippen LogP) is 4.28. The van der Waals surface area contributed by atoms with E-state index < -0.39 is 34.9 Å². The fraction of sp³-hybridized carbons (Fsp3) is 0.143. The van der Waals surface area contributed by atoms with E-state index in [1.54, 1.807) is 0 Å². The van der Waals surface area contributed by atoms with Gasteiger partial charge in [-0.2, -0.15) is 0 Å². The van der Waals surface area contributed by atoms with E-state index in [4.69, 9.17) is 0 Å². The molecule has 0 aliphatic heterocycles. The van der Waals surface area contributed by atoms with Crippen molar-refractivity contribution in [3.8, 4) is 0 Å². The zero-order chi connectivity index (χ0) is 14.9. The van der Waals surface area contributed by atoms with Crippen LogP contribution in [0.5, 0.6) is 0 Å². The standard InChI is InChI=1S/C14H9BrF4O/c15-8-1-7(2-9(16)4-8)3-13(20)14-11(18)5-10(17)6-12(14)19/h1-2,4-6,13,20H,3H2. The van der Waals surface area contributed by atoms with Crippen molar-refractivity contribution in [3.63, 3.8) is 0 Å². The third-order valence-electron chi connectivity index (χ3n) is 2.73. The first-order valence-electron chi connectivity index (χ1n) is 5.64. The van der Waals surface area contributed by atoms with Crippen molar-refractivity contribution >= 4 is 15.9 Å². The molecule has 0 heterocycles. The molecule has 0 aliphatic rings. The molecule has 0 aliphatic carbocycles. The Morgan fingerprint density at radius 2 is 1.45 bits per heavy atom. The Morgan fingerprint density at radius 1 is 0.900 bits per heavy atom. The summed E-state index contributed by atoms with van der Waals surface area (Å²) in [4.78, 5) is 0. The number of halogens is 5. The van der Waals surface area contributed by atoms with Gasteiger partial charge in [0.2, 0.25) is 0 Å². The highest BCUT2D eigenvalue weighted by Gasteiger charge is 2.20. The molecule has 0 saturated carbocycles. The lowest BCUT2D eigenvalue weighted by atomic mass is 10.0. The second-order valence-electron chi connectivity index (χ2n) is 4.28. The molecule has 0 amide bonds. The zero-order valence-corrected chi connectivity index (χ0v) is 11.6. The first-order valence-corrected chi connectivity index (χ1v) is 6.43. The van der Waals surface area contributed by atoms with E-state index in [1.165, 1.54) is 12.1 Å². The van der Waals surface area contributed by atoms with Gasteiger partial charge in [0.1, 0.15) is 23.3 Å². The van der Waals surface area contributed by atoms with Crippen molar-refractivity contribution in [1.29, 1.82) is 0 Å². The molecular formula is C14H9BrF4O. The summed E-state index contributed by atoms with van der Waals surface area (Å²) in [6, 6.07) is 4.86. The second-order valence-corrected chi connectivity index (χ2v) is 5.20. The van der Waals surface area contributed by atoms with E-state index in [0.29, 0.717) is 22.2 Å². The number of rotatable bonds is 3. The maximum atomic E-state index is 13.5. The lowest BCUT2D eigenvalue weighted by molar-refractivity contribution is 0.168. The molecule has 2 rings (SSSR count). The summed E-state index contributed by atoms with van der Waals surface area (Å²) in [6.07, 6.45) is -1.74. The monoisotopic (exact) mass is 348 g/mol. The van der Waals surface area contributed by atoms with Crippen molar-refractivity contribution < 1.29 is 22.7 Å². The summed E-state index contributed by atoms with van der Waals surface area (Å²) in [5, 5.41) is 9.87. The van der Waals surface area contributed by atoms with E-state index in [1.807, 2.05) is 0 Å². The highest BCUT2D eigenvalue weighted by Crippen LogP contribution is 2.26. The lowest BCUT2D eigenvalue weighted by Crippen LogP contribution is -2.08. The summed E-state index contributed by atoms with van der Waals surface area (Å²) in [7, 11) is 0. The second kappa shape index (κ2) is 5.93. The molecule has 0 radical (unpaired) electrons. The minimum Gasteiger partial charge on any atom is -0.388 e. The average Bonchev–Trinajstić information content (AvgIpc) is 2.25. The van der Waals surface area contributed by atoms with E-state index in [9.17, 15) is 22.7 Å². The number of benzene rings is 2. The van der Waals surface area contributed by atoms with Gasteiger partial charge in [0, 0.05) is 23.0 Å². The van der Waals surface area contributed by atoms with Crippen LogP contribution in [0.15, 0.2) is 34.8 Å². The van der Waals surface area contributed by atoms with E-state index in [0.717, 1.165) is 6.07 Å². The highest BCUT2D eigenvalue weighted by molar-refractivity contribution is 9.10. The smallest absolute Gasteiger partial charge is 0.134 e. The van der Waals surface area contributed by atoms with E-state index in [2.05, 4.69) is 15.9 Å². The van der Waals surface area contributed by atoms with Gasteiger partial charge in [-0.05, 0) is 23.8 Å². The molecule has 1 unspecified atom stereocenters. The van der Waals surface area contributed by atoms with Crippen molar-refractivity contribution in [2.75, 3.05) is 0 Å². The van der Waals surface area contributed by atoms with E-state index in [-0.39, 0.29) is 6.42 Å². The topological polar surface area (TPSA) is 20.2 Å². The Hall–Kier alpha value is -1.40. The van der Waals surface area contributed by atoms with Gasteiger partial charge in [-0.3, -0.25) is 0 Å². The first kappa shape index (κ1) is 15.0. The predicted molar refractivity (Wildman–Crippen MR) is 69.1 cm³/mol. The Morgan fingerprint density at radius 3 is 2.00 bits per heavy atom. The number of hydrogen-bond donors (Lipinski definition) is 1. The van der Waals surface area contributed by atoms with Gasteiger partial charge >= 0.3 is 0 Å². The third-order valence-corrected chi connectivity index (χ3v) is 3.19. The number of hydrogen-bond acceptors (Lipinski definition) is 1. The average molecular weight is 349 g/mol. The molecule has 1 atom stereocenters. The van der Waals surface area contributed by atoms with Crippen LogP contribution >= 0.6 is 15.9 Å². The summed E-state index contributed by atoms with van der Waals surface area (Å²) in [5.41, 5.74) is -0.278. The molecule has 106 valence electrons. The van der Waals surface area contributed by atoms with Crippen LogP contribution in [0.4, 0.5) is 17.6 Å². The Labute approximate surface area is 121 Å². The van der Waals surface area contributed by atoms with Crippen LogP contribution in [0.2, 0.25) is 0 Å². The molecule has 1 nitrogen and oxygen atoms in total. The highest BCUT2D eigenvalue weighted by atomic mass is 79.9. The van der Waals surface area contributed by atoms with Crippen LogP contribution in [0.25, 0.3) is 0 Å². The van der Waals surface area contributed by atoms with Gasteiger partial charge in [0.25, 0.3) is 0 Å². The fourth-order valence-corrected chi connectivity index (χ4v) is 2.44. The summed E-state index contributed by atoms with van der Waals surface area (Å²) in [5.74, 6) is -3.96. The summed E-state index contributed by atoms with van der Waals surface area (Å²) < 4.78 is 53.4. The lowest BCUT2D eigenvalue weighted by Gasteiger charge is -2.13. The van der Waals surface area contributed by atoms with Gasteiger partial charge in [-0.1, -0.05) is 15.9 Å². The summed E-state index contributed by atoms with van der Waals surface area (Å²) in [6.45, 7) is 0. The molecular weight excluding hydrogens is 340 g/mol.